The van der Waals surface area contributed by atoms with E-state index < -0.39 is 0 Å². The molecule has 0 aliphatic rings. The number of ether oxygens (including phenoxy) is 1. The molecule has 1 aromatic carbocycles. The van der Waals surface area contributed by atoms with Crippen LogP contribution >= 0.6 is 0 Å². The Morgan fingerprint density at radius 3 is 2.84 bits per heavy atom. The molecule has 2 rings (SSSR count). The minimum absolute atomic E-state index is 0.587. The van der Waals surface area contributed by atoms with E-state index in [1.165, 1.54) is 5.56 Å². The Morgan fingerprint density at radius 1 is 1.37 bits per heavy atom. The quantitative estimate of drug-likeness (QED) is 0.588. The molecule has 0 saturated carbocycles. The minimum atomic E-state index is 0.587. The van der Waals surface area contributed by atoms with Gasteiger partial charge >= 0.3 is 0 Å². The van der Waals surface area contributed by atoms with E-state index in [1.807, 2.05) is 29.1 Å². The number of aliphatic imine (C=N–C) groups is 1. The maximum absolute atomic E-state index is 5.25. The zero-order valence-electron chi connectivity index (χ0n) is 11.0. The average molecular weight is 255 g/mol. The van der Waals surface area contributed by atoms with Crippen molar-refractivity contribution in [2.45, 2.75) is 6.54 Å². The summed E-state index contributed by atoms with van der Waals surface area (Å²) in [6.45, 7) is 4.93. The summed E-state index contributed by atoms with van der Waals surface area (Å²) in [6, 6.07) is 10.2. The number of aromatic nitrogens is 2. The van der Waals surface area contributed by atoms with Crippen molar-refractivity contribution >= 4 is 6.21 Å². The van der Waals surface area contributed by atoms with Crippen molar-refractivity contribution in [1.29, 1.82) is 0 Å². The summed E-state index contributed by atoms with van der Waals surface area (Å²) in [5.41, 5.74) is 2.07. The molecule has 0 aliphatic heterocycles. The van der Waals surface area contributed by atoms with Crippen LogP contribution < -0.4 is 4.74 Å². The summed E-state index contributed by atoms with van der Waals surface area (Å²) in [7, 11) is 1.61. The van der Waals surface area contributed by atoms with Crippen LogP contribution in [0.3, 0.4) is 0 Å². The highest BCUT2D eigenvalue weighted by Gasteiger charge is 2.07. The van der Waals surface area contributed by atoms with Gasteiger partial charge in [0.05, 0.1) is 25.8 Å². The zero-order chi connectivity index (χ0) is 13.5. The van der Waals surface area contributed by atoms with Gasteiger partial charge in [0.15, 0.2) is 0 Å². The number of nitrogens with zero attached hydrogens (tertiary/aromatic N) is 3. The van der Waals surface area contributed by atoms with Crippen molar-refractivity contribution < 1.29 is 4.74 Å². The third kappa shape index (κ3) is 3.55. The number of methoxy groups -OCH3 is 1. The van der Waals surface area contributed by atoms with Crippen molar-refractivity contribution in [3.8, 4) is 5.88 Å². The van der Waals surface area contributed by atoms with Gasteiger partial charge in [-0.15, -0.1) is 11.7 Å². The fraction of sp³-hybridized carbons (Fsp3) is 0.200. The molecule has 98 valence electrons. The highest BCUT2D eigenvalue weighted by molar-refractivity contribution is 5.82. The molecular formula is C15H17N3O. The summed E-state index contributed by atoms with van der Waals surface area (Å²) in [6.07, 6.45) is 5.44. The standard InChI is InChI=1S/C15H17N3O/c1-3-9-16-10-14-12-18(17-15(14)19-2)11-13-7-5-4-6-8-13/h3-8,10,12H,1,9,11H2,2H3/b16-10+. The highest BCUT2D eigenvalue weighted by atomic mass is 16.5. The van der Waals surface area contributed by atoms with Crippen molar-refractivity contribution in [3.05, 3.63) is 60.3 Å². The monoisotopic (exact) mass is 255 g/mol. The predicted octanol–water partition coefficient (Wildman–Crippen LogP) is 2.54. The van der Waals surface area contributed by atoms with Gasteiger partial charge in [0, 0.05) is 12.4 Å². The van der Waals surface area contributed by atoms with E-state index in [0.717, 1.165) is 5.56 Å². The van der Waals surface area contributed by atoms with Gasteiger partial charge in [-0.05, 0) is 5.56 Å². The summed E-state index contributed by atoms with van der Waals surface area (Å²) in [5.74, 6) is 0.587. The van der Waals surface area contributed by atoms with Crippen LogP contribution in [0.5, 0.6) is 5.88 Å². The van der Waals surface area contributed by atoms with Crippen molar-refractivity contribution in [2.24, 2.45) is 4.99 Å². The summed E-state index contributed by atoms with van der Waals surface area (Å²) in [4.78, 5) is 4.21. The van der Waals surface area contributed by atoms with Crippen LogP contribution in [-0.4, -0.2) is 29.6 Å². The third-order valence-electron chi connectivity index (χ3n) is 2.60. The molecule has 19 heavy (non-hydrogen) atoms. The van der Waals surface area contributed by atoms with E-state index in [-0.39, 0.29) is 0 Å². The van der Waals surface area contributed by atoms with Crippen LogP contribution in [-0.2, 0) is 6.54 Å². The fourth-order valence-electron chi connectivity index (χ4n) is 1.74. The van der Waals surface area contributed by atoms with Crippen LogP contribution in [0, 0.1) is 0 Å². The second-order valence-electron chi connectivity index (χ2n) is 4.06. The third-order valence-corrected chi connectivity index (χ3v) is 2.60. The lowest BCUT2D eigenvalue weighted by Gasteiger charge is -2.00. The lowest BCUT2D eigenvalue weighted by Crippen LogP contribution is -2.00. The molecule has 0 amide bonds. The van der Waals surface area contributed by atoms with E-state index in [1.54, 1.807) is 19.4 Å². The SMILES string of the molecule is C=CC/N=C/c1cn(Cc2ccccc2)nc1OC. The zero-order valence-corrected chi connectivity index (χ0v) is 11.0. The maximum Gasteiger partial charge on any atom is 0.241 e. The molecule has 4 nitrogen and oxygen atoms in total. The molecular weight excluding hydrogens is 238 g/mol. The molecule has 0 N–H and O–H groups in total. The Morgan fingerprint density at radius 2 is 2.16 bits per heavy atom. The van der Waals surface area contributed by atoms with E-state index in [0.29, 0.717) is 19.0 Å². The van der Waals surface area contributed by atoms with Gasteiger partial charge in [-0.1, -0.05) is 36.4 Å². The molecule has 0 bridgehead atoms. The van der Waals surface area contributed by atoms with Crippen molar-refractivity contribution in [3.63, 3.8) is 0 Å². The van der Waals surface area contributed by atoms with E-state index >= 15 is 0 Å². The smallest absolute Gasteiger partial charge is 0.241 e. The van der Waals surface area contributed by atoms with Gasteiger partial charge in [-0.25, -0.2) is 0 Å². The number of hydrogen-bond donors (Lipinski definition) is 0. The average Bonchev–Trinajstić information content (AvgIpc) is 2.82. The van der Waals surface area contributed by atoms with E-state index in [4.69, 9.17) is 4.74 Å². The first kappa shape index (κ1) is 13.1. The molecule has 4 heteroatoms. The molecule has 0 atom stereocenters. The second kappa shape index (κ2) is 6.54. The van der Waals surface area contributed by atoms with Crippen LogP contribution in [0.25, 0.3) is 0 Å². The summed E-state index contributed by atoms with van der Waals surface area (Å²) < 4.78 is 7.10. The molecule has 0 aliphatic carbocycles. The number of rotatable bonds is 6. The largest absolute Gasteiger partial charge is 0.479 e. The molecule has 0 fully saturated rings. The molecule has 0 radical (unpaired) electrons. The minimum Gasteiger partial charge on any atom is -0.479 e. The molecule has 1 heterocycles. The lowest BCUT2D eigenvalue weighted by atomic mass is 10.2. The first-order valence-corrected chi connectivity index (χ1v) is 6.09. The maximum atomic E-state index is 5.25. The summed E-state index contributed by atoms with van der Waals surface area (Å²) in [5, 5.41) is 4.38. The first-order valence-electron chi connectivity index (χ1n) is 6.09. The van der Waals surface area contributed by atoms with Gasteiger partial charge in [0.1, 0.15) is 0 Å². The van der Waals surface area contributed by atoms with Crippen LogP contribution in [0.1, 0.15) is 11.1 Å². The first-order chi connectivity index (χ1) is 9.33. The highest BCUT2D eigenvalue weighted by Crippen LogP contribution is 2.14. The Balaban J connectivity index is 2.16. The topological polar surface area (TPSA) is 39.4 Å². The van der Waals surface area contributed by atoms with Crippen LogP contribution in [0.4, 0.5) is 0 Å². The predicted molar refractivity (Wildman–Crippen MR) is 77.0 cm³/mol. The Hall–Kier alpha value is -2.36. The van der Waals surface area contributed by atoms with E-state index in [2.05, 4.69) is 28.8 Å². The molecule has 0 saturated heterocycles. The summed E-state index contributed by atoms with van der Waals surface area (Å²) >= 11 is 0. The van der Waals surface area contributed by atoms with Crippen LogP contribution in [0.15, 0.2) is 54.2 Å². The van der Waals surface area contributed by atoms with Gasteiger partial charge in [0.25, 0.3) is 0 Å². The Kier molecular flexibility index (Phi) is 4.50. The normalized spacial score (nSPS) is 10.8. The fourth-order valence-corrected chi connectivity index (χ4v) is 1.74. The molecule has 2 aromatic rings. The van der Waals surface area contributed by atoms with Crippen LogP contribution in [0.2, 0.25) is 0 Å². The lowest BCUT2D eigenvalue weighted by molar-refractivity contribution is 0.389. The van der Waals surface area contributed by atoms with Gasteiger partial charge < -0.3 is 4.74 Å². The van der Waals surface area contributed by atoms with Gasteiger partial charge in [-0.2, -0.15) is 0 Å². The van der Waals surface area contributed by atoms with Gasteiger partial charge in [-0.3, -0.25) is 9.67 Å². The molecule has 1 aromatic heterocycles. The molecule has 0 spiro atoms. The second-order valence-corrected chi connectivity index (χ2v) is 4.06. The van der Waals surface area contributed by atoms with Gasteiger partial charge in [0.2, 0.25) is 5.88 Å². The number of hydrogen-bond acceptors (Lipinski definition) is 3. The van der Waals surface area contributed by atoms with E-state index in [9.17, 15) is 0 Å². The van der Waals surface area contributed by atoms with Crippen molar-refractivity contribution in [1.82, 2.24) is 9.78 Å². The molecule has 0 unspecified atom stereocenters. The Bertz CT molecular complexity index is 558. The number of benzene rings is 1. The van der Waals surface area contributed by atoms with Crippen molar-refractivity contribution in [2.75, 3.05) is 13.7 Å². The Labute approximate surface area is 113 Å².